The third-order valence-electron chi connectivity index (χ3n) is 4.33. The molecule has 0 aromatic heterocycles. The second kappa shape index (κ2) is 4.90. The fraction of sp³-hybridized carbons (Fsp3) is 0.857. The average Bonchev–Trinajstić information content (AvgIpc) is 2.86. The van der Waals surface area contributed by atoms with Gasteiger partial charge in [-0.1, -0.05) is 0 Å². The largest absolute Gasteiger partial charge is 0.455 e. The van der Waals surface area contributed by atoms with E-state index in [0.29, 0.717) is 0 Å². The second-order valence-electron chi connectivity index (χ2n) is 5.59. The van der Waals surface area contributed by atoms with Crippen molar-refractivity contribution in [3.63, 3.8) is 0 Å². The first-order valence-electron chi connectivity index (χ1n) is 6.89. The highest BCUT2D eigenvalue weighted by molar-refractivity contribution is 5.68. The molecule has 4 heteroatoms. The van der Waals surface area contributed by atoms with Crippen LogP contribution in [0.4, 0.5) is 0 Å². The topological polar surface area (TPSA) is 52.6 Å². The molecule has 0 atom stereocenters. The van der Waals surface area contributed by atoms with Crippen LogP contribution in [-0.4, -0.2) is 23.1 Å². The Labute approximate surface area is 108 Å². The molecule has 0 aromatic carbocycles. The Balaban J connectivity index is 2.30. The summed E-state index contributed by atoms with van der Waals surface area (Å²) < 4.78 is 11.3. The monoisotopic (exact) mass is 254 g/mol. The van der Waals surface area contributed by atoms with E-state index in [4.69, 9.17) is 9.47 Å². The lowest BCUT2D eigenvalue weighted by molar-refractivity contribution is -0.210. The average molecular weight is 254 g/mol. The van der Waals surface area contributed by atoms with Gasteiger partial charge in [0.15, 0.2) is 11.2 Å². The van der Waals surface area contributed by atoms with Gasteiger partial charge in [0.2, 0.25) is 0 Å². The molecule has 0 N–H and O–H groups in total. The van der Waals surface area contributed by atoms with E-state index in [0.717, 1.165) is 51.4 Å². The lowest BCUT2D eigenvalue weighted by Crippen LogP contribution is -2.55. The fourth-order valence-electron chi connectivity index (χ4n) is 3.74. The predicted octanol–water partition coefficient (Wildman–Crippen LogP) is 2.74. The maximum atomic E-state index is 11.4. The molecule has 0 aliphatic heterocycles. The van der Waals surface area contributed by atoms with E-state index in [1.165, 1.54) is 13.8 Å². The van der Waals surface area contributed by atoms with Gasteiger partial charge in [0.05, 0.1) is 0 Å². The van der Waals surface area contributed by atoms with E-state index in [9.17, 15) is 9.59 Å². The number of ether oxygens (including phenoxy) is 2. The van der Waals surface area contributed by atoms with Crippen molar-refractivity contribution in [3.05, 3.63) is 0 Å². The molecule has 2 aliphatic carbocycles. The summed E-state index contributed by atoms with van der Waals surface area (Å²) in [4.78, 5) is 22.9. The van der Waals surface area contributed by atoms with Crippen molar-refractivity contribution in [2.75, 3.05) is 0 Å². The molecular formula is C14H22O4. The molecule has 102 valence electrons. The molecule has 0 heterocycles. The Morgan fingerprint density at radius 2 is 1.00 bits per heavy atom. The molecule has 0 amide bonds. The number of hydrogen-bond acceptors (Lipinski definition) is 4. The minimum Gasteiger partial charge on any atom is -0.455 e. The van der Waals surface area contributed by atoms with Crippen LogP contribution in [0.2, 0.25) is 0 Å². The maximum absolute atomic E-state index is 11.4. The van der Waals surface area contributed by atoms with E-state index in [2.05, 4.69) is 0 Å². The van der Waals surface area contributed by atoms with Crippen molar-refractivity contribution >= 4 is 11.9 Å². The summed E-state index contributed by atoms with van der Waals surface area (Å²) >= 11 is 0. The van der Waals surface area contributed by atoms with E-state index in [-0.39, 0.29) is 11.9 Å². The third-order valence-corrected chi connectivity index (χ3v) is 4.33. The van der Waals surface area contributed by atoms with Crippen LogP contribution in [0.25, 0.3) is 0 Å². The molecular weight excluding hydrogens is 232 g/mol. The van der Waals surface area contributed by atoms with Crippen molar-refractivity contribution in [3.8, 4) is 0 Å². The molecule has 0 unspecified atom stereocenters. The fourth-order valence-corrected chi connectivity index (χ4v) is 3.74. The first kappa shape index (κ1) is 13.4. The summed E-state index contributed by atoms with van der Waals surface area (Å²) in [5.74, 6) is -0.536. The number of carbonyl (C=O) groups excluding carboxylic acids is 2. The van der Waals surface area contributed by atoms with Crippen LogP contribution in [-0.2, 0) is 19.1 Å². The highest BCUT2D eigenvalue weighted by Crippen LogP contribution is 2.51. The van der Waals surface area contributed by atoms with Crippen molar-refractivity contribution in [1.29, 1.82) is 0 Å². The number of esters is 2. The Morgan fingerprint density at radius 3 is 1.22 bits per heavy atom. The van der Waals surface area contributed by atoms with Gasteiger partial charge in [-0.15, -0.1) is 0 Å². The van der Waals surface area contributed by atoms with Gasteiger partial charge in [0, 0.05) is 13.8 Å². The van der Waals surface area contributed by atoms with Crippen LogP contribution in [0.15, 0.2) is 0 Å². The number of carbonyl (C=O) groups is 2. The Hall–Kier alpha value is -1.06. The molecule has 2 rings (SSSR count). The molecule has 0 radical (unpaired) electrons. The van der Waals surface area contributed by atoms with Crippen LogP contribution in [0, 0.1) is 0 Å². The van der Waals surface area contributed by atoms with Crippen molar-refractivity contribution in [2.24, 2.45) is 0 Å². The zero-order valence-corrected chi connectivity index (χ0v) is 11.3. The van der Waals surface area contributed by atoms with Crippen LogP contribution in [0.1, 0.15) is 65.2 Å². The molecule has 0 saturated heterocycles. The second-order valence-corrected chi connectivity index (χ2v) is 5.59. The van der Waals surface area contributed by atoms with Crippen LogP contribution >= 0.6 is 0 Å². The standard InChI is InChI=1S/C14H22O4/c1-11(15)17-13(7-3-4-8-13)14(18-12(2)16)9-5-6-10-14/h3-10H2,1-2H3. The number of hydrogen-bond donors (Lipinski definition) is 0. The molecule has 0 bridgehead atoms. The SMILES string of the molecule is CC(=O)OC1(C2(OC(C)=O)CCCC2)CCCC1. The normalized spacial score (nSPS) is 24.8. The van der Waals surface area contributed by atoms with Gasteiger partial charge in [-0.2, -0.15) is 0 Å². The summed E-state index contributed by atoms with van der Waals surface area (Å²) in [6.45, 7) is 2.88. The maximum Gasteiger partial charge on any atom is 0.303 e. The van der Waals surface area contributed by atoms with Gasteiger partial charge < -0.3 is 9.47 Å². The van der Waals surface area contributed by atoms with E-state index in [1.807, 2.05) is 0 Å². The molecule has 2 saturated carbocycles. The van der Waals surface area contributed by atoms with Gasteiger partial charge in [0.25, 0.3) is 0 Å². The van der Waals surface area contributed by atoms with E-state index >= 15 is 0 Å². The molecule has 0 aromatic rings. The van der Waals surface area contributed by atoms with Crippen LogP contribution in [0.3, 0.4) is 0 Å². The summed E-state index contributed by atoms with van der Waals surface area (Å²) in [5, 5.41) is 0. The lowest BCUT2D eigenvalue weighted by atomic mass is 9.79. The van der Waals surface area contributed by atoms with Crippen LogP contribution < -0.4 is 0 Å². The summed E-state index contributed by atoms with van der Waals surface area (Å²) in [5.41, 5.74) is -1.14. The minimum atomic E-state index is -0.568. The first-order chi connectivity index (χ1) is 8.50. The van der Waals surface area contributed by atoms with E-state index < -0.39 is 11.2 Å². The molecule has 2 aliphatic rings. The van der Waals surface area contributed by atoms with Crippen molar-refractivity contribution in [1.82, 2.24) is 0 Å². The lowest BCUT2D eigenvalue weighted by Gasteiger charge is -2.44. The van der Waals surface area contributed by atoms with Gasteiger partial charge in [-0.05, 0) is 51.4 Å². The van der Waals surface area contributed by atoms with Gasteiger partial charge in [-0.25, -0.2) is 0 Å². The minimum absolute atomic E-state index is 0.268. The van der Waals surface area contributed by atoms with Gasteiger partial charge >= 0.3 is 11.9 Å². The molecule has 18 heavy (non-hydrogen) atoms. The predicted molar refractivity (Wildman–Crippen MR) is 65.9 cm³/mol. The summed E-state index contributed by atoms with van der Waals surface area (Å²) in [6, 6.07) is 0. The van der Waals surface area contributed by atoms with Gasteiger partial charge in [0.1, 0.15) is 0 Å². The molecule has 4 nitrogen and oxygen atoms in total. The summed E-state index contributed by atoms with van der Waals surface area (Å²) in [7, 11) is 0. The van der Waals surface area contributed by atoms with Gasteiger partial charge in [-0.3, -0.25) is 9.59 Å². The summed E-state index contributed by atoms with van der Waals surface area (Å²) in [6.07, 6.45) is 7.43. The first-order valence-corrected chi connectivity index (χ1v) is 6.89. The smallest absolute Gasteiger partial charge is 0.303 e. The Bertz CT molecular complexity index is 302. The Morgan fingerprint density at radius 1 is 0.722 bits per heavy atom. The molecule has 2 fully saturated rings. The molecule has 0 spiro atoms. The van der Waals surface area contributed by atoms with Crippen molar-refractivity contribution < 1.29 is 19.1 Å². The highest BCUT2D eigenvalue weighted by atomic mass is 16.6. The number of rotatable bonds is 3. The third kappa shape index (κ3) is 2.25. The zero-order valence-electron chi connectivity index (χ0n) is 11.3. The Kier molecular flexibility index (Phi) is 3.64. The quantitative estimate of drug-likeness (QED) is 0.727. The zero-order chi connectivity index (χ0) is 13.2. The highest BCUT2D eigenvalue weighted by Gasteiger charge is 2.58. The van der Waals surface area contributed by atoms with E-state index in [1.54, 1.807) is 0 Å². The van der Waals surface area contributed by atoms with Crippen LogP contribution in [0.5, 0.6) is 0 Å². The van der Waals surface area contributed by atoms with Crippen molar-refractivity contribution in [2.45, 2.75) is 76.4 Å².